The number of carbonyl (C=O) groups is 2. The van der Waals surface area contributed by atoms with Gasteiger partial charge in [-0.15, -0.1) is 0 Å². The molecule has 1 aromatic carbocycles. The summed E-state index contributed by atoms with van der Waals surface area (Å²) in [6.45, 7) is 0.276. The van der Waals surface area contributed by atoms with Crippen LogP contribution in [0.1, 0.15) is 47.8 Å². The minimum absolute atomic E-state index is 0.00215. The molecule has 1 saturated heterocycles. The van der Waals surface area contributed by atoms with Gasteiger partial charge in [-0.25, -0.2) is 15.0 Å². The van der Waals surface area contributed by atoms with Crippen molar-refractivity contribution in [1.82, 2.24) is 29.6 Å². The summed E-state index contributed by atoms with van der Waals surface area (Å²) >= 11 is 0.814. The molecule has 3 aromatic rings. The average molecular weight is 486 g/mol. The zero-order valence-electron chi connectivity index (χ0n) is 18.0. The van der Waals surface area contributed by atoms with Gasteiger partial charge in [-0.3, -0.25) is 23.1 Å². The predicted molar refractivity (Wildman–Crippen MR) is 122 cm³/mol. The third kappa shape index (κ3) is 4.30. The molecule has 2 aromatic heterocycles. The van der Waals surface area contributed by atoms with Crippen LogP contribution in [0.5, 0.6) is 0 Å². The number of hydrogen-bond donors (Lipinski definition) is 4. The van der Waals surface area contributed by atoms with Gasteiger partial charge < -0.3 is 20.9 Å². The van der Waals surface area contributed by atoms with E-state index in [4.69, 9.17) is 14.7 Å². The van der Waals surface area contributed by atoms with Crippen LogP contribution in [0.15, 0.2) is 36.9 Å². The molecule has 1 fully saturated rings. The summed E-state index contributed by atoms with van der Waals surface area (Å²) in [6.07, 6.45) is 4.21. The van der Waals surface area contributed by atoms with Crippen LogP contribution in [-0.2, 0) is 19.4 Å². The van der Waals surface area contributed by atoms with Crippen molar-refractivity contribution < 1.29 is 23.6 Å². The summed E-state index contributed by atoms with van der Waals surface area (Å²) in [6, 6.07) is 6.78. The maximum atomic E-state index is 12.2. The molecule has 2 aliphatic rings. The van der Waals surface area contributed by atoms with E-state index in [0.29, 0.717) is 28.1 Å². The number of fused-ring (bicyclic) bond motifs is 2. The number of imidazole rings is 1. The Morgan fingerprint density at radius 2 is 2.21 bits per heavy atom. The smallest absolute Gasteiger partial charge is 0.254 e. The third-order valence-corrected chi connectivity index (χ3v) is 6.47. The Bertz CT molecular complexity index is 1240. The number of amides is 2. The van der Waals surface area contributed by atoms with E-state index in [0.717, 1.165) is 25.1 Å². The molecule has 0 spiro atoms. The molecule has 0 saturated carbocycles. The van der Waals surface area contributed by atoms with Crippen molar-refractivity contribution in [3.8, 4) is 0 Å². The first-order chi connectivity index (χ1) is 16.4. The van der Waals surface area contributed by atoms with Gasteiger partial charge in [-0.1, -0.05) is 18.2 Å². The van der Waals surface area contributed by atoms with Gasteiger partial charge in [0.1, 0.15) is 30.3 Å². The SMILES string of the molecule is Nc1ncnc2c1ncn2C1CCC(COSNC(=O)CCC2(O)NC(=O)c3ccccc32)O1. The molecule has 3 unspecified atom stereocenters. The number of nitrogens with two attached hydrogens (primary N) is 1. The topological polar surface area (TPSA) is 167 Å². The van der Waals surface area contributed by atoms with Gasteiger partial charge in [0.25, 0.3) is 5.91 Å². The van der Waals surface area contributed by atoms with Gasteiger partial charge in [0.05, 0.1) is 19.0 Å². The number of nitrogens with one attached hydrogen (secondary N) is 2. The van der Waals surface area contributed by atoms with Crippen molar-refractivity contribution in [1.29, 1.82) is 0 Å². The molecule has 13 heteroatoms. The van der Waals surface area contributed by atoms with E-state index in [2.05, 4.69) is 25.0 Å². The molecular weight excluding hydrogens is 462 g/mol. The van der Waals surface area contributed by atoms with Crippen LogP contribution >= 0.6 is 12.2 Å². The van der Waals surface area contributed by atoms with Crippen molar-refractivity contribution in [3.05, 3.63) is 48.0 Å². The van der Waals surface area contributed by atoms with Gasteiger partial charge in [-0.2, -0.15) is 0 Å². The highest BCUT2D eigenvalue weighted by molar-refractivity contribution is 7.93. The zero-order chi connectivity index (χ0) is 23.7. The fourth-order valence-corrected chi connectivity index (χ4v) is 4.66. The number of rotatable bonds is 8. The summed E-state index contributed by atoms with van der Waals surface area (Å²) in [5, 5.41) is 13.3. The summed E-state index contributed by atoms with van der Waals surface area (Å²) < 4.78 is 15.9. The van der Waals surface area contributed by atoms with E-state index in [-0.39, 0.29) is 43.6 Å². The summed E-state index contributed by atoms with van der Waals surface area (Å²) in [7, 11) is 0. The first-order valence-corrected chi connectivity index (χ1v) is 11.5. The zero-order valence-corrected chi connectivity index (χ0v) is 18.8. The van der Waals surface area contributed by atoms with Crippen LogP contribution in [0.3, 0.4) is 0 Å². The predicted octanol–water partition coefficient (Wildman–Crippen LogP) is 1.15. The first-order valence-electron chi connectivity index (χ1n) is 10.7. The van der Waals surface area contributed by atoms with Gasteiger partial charge in [0.15, 0.2) is 17.2 Å². The number of aliphatic hydroxyl groups is 1. The highest BCUT2D eigenvalue weighted by Gasteiger charge is 2.41. The van der Waals surface area contributed by atoms with E-state index >= 15 is 0 Å². The fraction of sp³-hybridized carbons (Fsp3) is 0.381. The molecule has 34 heavy (non-hydrogen) atoms. The number of carbonyl (C=O) groups excluding carboxylic acids is 2. The normalized spacial score (nSPS) is 23.7. The number of nitrogen functional groups attached to an aromatic ring is 1. The average Bonchev–Trinajstić information content (AvgIpc) is 3.53. The molecule has 178 valence electrons. The van der Waals surface area contributed by atoms with Crippen molar-refractivity contribution in [2.45, 2.75) is 43.7 Å². The molecule has 2 aliphatic heterocycles. The lowest BCUT2D eigenvalue weighted by atomic mass is 9.97. The molecule has 0 bridgehead atoms. The minimum atomic E-state index is -1.56. The molecule has 0 aliphatic carbocycles. The number of ether oxygens (including phenoxy) is 1. The molecule has 5 rings (SSSR count). The number of hydrogen-bond acceptors (Lipinski definition) is 10. The highest BCUT2D eigenvalue weighted by Crippen LogP contribution is 2.33. The molecule has 0 radical (unpaired) electrons. The van der Waals surface area contributed by atoms with Gasteiger partial charge in [-0.05, 0) is 18.9 Å². The Kier molecular flexibility index (Phi) is 6.08. The lowest BCUT2D eigenvalue weighted by Crippen LogP contribution is -2.40. The lowest BCUT2D eigenvalue weighted by molar-refractivity contribution is -0.121. The van der Waals surface area contributed by atoms with E-state index < -0.39 is 5.72 Å². The Morgan fingerprint density at radius 1 is 1.35 bits per heavy atom. The van der Waals surface area contributed by atoms with Gasteiger partial charge >= 0.3 is 0 Å². The van der Waals surface area contributed by atoms with Crippen molar-refractivity contribution in [2.75, 3.05) is 12.3 Å². The lowest BCUT2D eigenvalue weighted by Gasteiger charge is -2.23. The summed E-state index contributed by atoms with van der Waals surface area (Å²) in [5.74, 6) is -0.365. The Morgan fingerprint density at radius 3 is 3.09 bits per heavy atom. The van der Waals surface area contributed by atoms with Crippen LogP contribution in [-0.4, -0.2) is 49.2 Å². The Hall–Kier alpha value is -3.26. The van der Waals surface area contributed by atoms with Crippen LogP contribution < -0.4 is 15.8 Å². The van der Waals surface area contributed by atoms with Crippen LogP contribution in [0, 0.1) is 0 Å². The Balaban J connectivity index is 1.05. The highest BCUT2D eigenvalue weighted by atomic mass is 32.2. The quantitative estimate of drug-likeness (QED) is 0.206. The van der Waals surface area contributed by atoms with E-state index in [1.807, 2.05) is 4.57 Å². The van der Waals surface area contributed by atoms with Gasteiger partial charge in [0.2, 0.25) is 5.91 Å². The Labute approximate surface area is 198 Å². The third-order valence-electron chi connectivity index (χ3n) is 5.90. The van der Waals surface area contributed by atoms with E-state index in [9.17, 15) is 14.7 Å². The minimum Gasteiger partial charge on any atom is -0.382 e. The fourth-order valence-electron chi connectivity index (χ4n) is 4.19. The molecule has 12 nitrogen and oxygen atoms in total. The number of benzene rings is 1. The maximum Gasteiger partial charge on any atom is 0.254 e. The van der Waals surface area contributed by atoms with Crippen LogP contribution in [0.4, 0.5) is 5.82 Å². The van der Waals surface area contributed by atoms with Crippen molar-refractivity contribution in [3.63, 3.8) is 0 Å². The number of anilines is 1. The first kappa shape index (κ1) is 22.5. The van der Waals surface area contributed by atoms with Crippen molar-refractivity contribution >= 4 is 41.0 Å². The standard InChI is InChI=1S/C21H23N7O5S/c22-18-17-19(24-10-23-18)28(11-25-17)16-6-5-12(33-16)9-32-34-27-15(29)7-8-21(31)14-4-2-1-3-13(14)20(30)26-21/h1-4,10-12,16,31H,5-9H2,(H,26,30)(H,27,29)(H2,22,23,24). The molecule has 4 heterocycles. The largest absolute Gasteiger partial charge is 0.382 e. The summed E-state index contributed by atoms with van der Waals surface area (Å²) in [5.41, 5.74) is 6.32. The van der Waals surface area contributed by atoms with E-state index in [1.54, 1.807) is 30.6 Å². The molecule has 3 atom stereocenters. The van der Waals surface area contributed by atoms with Crippen LogP contribution in [0.25, 0.3) is 11.2 Å². The number of aromatic nitrogens is 4. The number of nitrogens with zero attached hydrogens (tertiary/aromatic N) is 4. The molecule has 2 amide bonds. The van der Waals surface area contributed by atoms with E-state index in [1.165, 1.54) is 6.33 Å². The monoisotopic (exact) mass is 485 g/mol. The molecular formula is C21H23N7O5S. The maximum absolute atomic E-state index is 12.2. The second-order valence-electron chi connectivity index (χ2n) is 8.13. The summed E-state index contributed by atoms with van der Waals surface area (Å²) in [4.78, 5) is 36.6. The second kappa shape index (κ2) is 9.18. The molecule has 5 N–H and O–H groups in total. The second-order valence-corrected chi connectivity index (χ2v) is 8.73. The van der Waals surface area contributed by atoms with Crippen molar-refractivity contribution in [2.24, 2.45) is 0 Å². The van der Waals surface area contributed by atoms with Gasteiger partial charge in [0, 0.05) is 24.0 Å². The van der Waals surface area contributed by atoms with Crippen LogP contribution in [0.2, 0.25) is 0 Å².